The molecule has 4 aromatic rings. The number of anilines is 1. The maximum atomic E-state index is 6.72. The average molecular weight is 454 g/mol. The zero-order valence-corrected chi connectivity index (χ0v) is 18.9. The van der Waals surface area contributed by atoms with E-state index in [0.29, 0.717) is 0 Å². The van der Waals surface area contributed by atoms with Crippen molar-refractivity contribution in [2.24, 2.45) is 11.1 Å². The molecule has 1 saturated heterocycles. The first-order valence-electron chi connectivity index (χ1n) is 10.3. The first-order valence-corrected chi connectivity index (χ1v) is 11.3. The number of aromatic nitrogens is 5. The molecule has 7 nitrogen and oxygen atoms in total. The van der Waals surface area contributed by atoms with E-state index in [1.54, 1.807) is 11.3 Å². The number of nitrogens with zero attached hydrogens (tertiary/aromatic N) is 6. The van der Waals surface area contributed by atoms with E-state index >= 15 is 0 Å². The summed E-state index contributed by atoms with van der Waals surface area (Å²) in [4.78, 5) is 16.5. The van der Waals surface area contributed by atoms with Crippen LogP contribution in [0.25, 0.3) is 16.9 Å². The van der Waals surface area contributed by atoms with Gasteiger partial charge in [0.15, 0.2) is 5.82 Å². The Morgan fingerprint density at radius 2 is 2.00 bits per heavy atom. The van der Waals surface area contributed by atoms with Gasteiger partial charge in [-0.3, -0.25) is 4.98 Å². The molecule has 9 heteroatoms. The molecule has 1 spiro atoms. The maximum Gasteiger partial charge on any atom is 0.155 e. The molecule has 1 atom stereocenters. The lowest BCUT2D eigenvalue weighted by Gasteiger charge is -2.42. The highest BCUT2D eigenvalue weighted by atomic mass is 35.5. The molecule has 0 aromatic carbocycles. The number of thiazole rings is 1. The van der Waals surface area contributed by atoms with Crippen molar-refractivity contribution in [2.75, 3.05) is 18.0 Å². The molecule has 160 valence electrons. The van der Waals surface area contributed by atoms with Crippen LogP contribution in [0, 0.1) is 12.3 Å². The van der Waals surface area contributed by atoms with Gasteiger partial charge in [-0.2, -0.15) is 5.10 Å². The van der Waals surface area contributed by atoms with E-state index in [9.17, 15) is 0 Å². The van der Waals surface area contributed by atoms with Gasteiger partial charge in [-0.1, -0.05) is 6.07 Å². The second kappa shape index (κ2) is 7.55. The lowest BCUT2D eigenvalue weighted by atomic mass is 9.73. The summed E-state index contributed by atoms with van der Waals surface area (Å²) in [6.07, 6.45) is 6.79. The molecule has 0 bridgehead atoms. The van der Waals surface area contributed by atoms with Crippen LogP contribution in [0.3, 0.4) is 0 Å². The lowest BCUT2D eigenvalue weighted by Crippen LogP contribution is -2.44. The van der Waals surface area contributed by atoms with Gasteiger partial charge in [-0.25, -0.2) is 14.5 Å². The zero-order chi connectivity index (χ0) is 20.3. The van der Waals surface area contributed by atoms with Crippen molar-refractivity contribution in [1.82, 2.24) is 24.6 Å². The van der Waals surface area contributed by atoms with Gasteiger partial charge >= 0.3 is 0 Å². The second-order valence-electron chi connectivity index (χ2n) is 8.41. The second-order valence-corrected chi connectivity index (χ2v) is 9.13. The molecule has 0 amide bonds. The highest BCUT2D eigenvalue weighted by Gasteiger charge is 2.46. The molecule has 0 saturated carbocycles. The lowest BCUT2D eigenvalue weighted by molar-refractivity contribution is 0.187. The number of pyridine rings is 1. The van der Waals surface area contributed by atoms with Gasteiger partial charge in [-0.15, -0.1) is 23.7 Å². The van der Waals surface area contributed by atoms with Crippen LogP contribution in [-0.4, -0.2) is 37.7 Å². The third-order valence-electron chi connectivity index (χ3n) is 6.87. The largest absolute Gasteiger partial charge is 0.355 e. The number of nitrogens with two attached hydrogens (primary N) is 1. The van der Waals surface area contributed by atoms with Gasteiger partial charge in [0.1, 0.15) is 16.9 Å². The summed E-state index contributed by atoms with van der Waals surface area (Å²) in [6.45, 7) is 3.91. The Morgan fingerprint density at radius 3 is 2.74 bits per heavy atom. The Hall–Kier alpha value is -2.55. The molecule has 1 fully saturated rings. The van der Waals surface area contributed by atoms with E-state index in [1.807, 2.05) is 46.9 Å². The van der Waals surface area contributed by atoms with Crippen molar-refractivity contribution in [1.29, 1.82) is 0 Å². The normalized spacial score (nSPS) is 19.5. The van der Waals surface area contributed by atoms with Gasteiger partial charge in [-0.05, 0) is 49.3 Å². The number of piperidine rings is 1. The molecule has 0 radical (unpaired) electrons. The van der Waals surface area contributed by atoms with Gasteiger partial charge in [0, 0.05) is 36.4 Å². The van der Waals surface area contributed by atoms with Crippen LogP contribution in [0.4, 0.5) is 5.82 Å². The standard InChI is InChI=1S/C22H23N7S.ClH/c1-14-19(17-12-30-13-25-17)29-18(4-8-26-29)21(27-14)28-9-5-22(6-10-28)11-16-15(20(22)23)3-2-7-24-16;/h2-4,7-8,12-13,20H,5-6,9-11,23H2,1H3;1H/t20-;/m1./s1. The molecular formula is C22H24ClN7S. The molecule has 4 aromatic heterocycles. The predicted octanol–water partition coefficient (Wildman–Crippen LogP) is 3.82. The van der Waals surface area contributed by atoms with Gasteiger partial charge in [0.25, 0.3) is 0 Å². The van der Waals surface area contributed by atoms with Crippen molar-refractivity contribution < 1.29 is 0 Å². The number of hydrogen-bond donors (Lipinski definition) is 1. The third kappa shape index (κ3) is 3.04. The summed E-state index contributed by atoms with van der Waals surface area (Å²) in [5.74, 6) is 1.00. The number of rotatable bonds is 2. The molecule has 6 rings (SSSR count). The molecule has 0 unspecified atom stereocenters. The summed E-state index contributed by atoms with van der Waals surface area (Å²) in [6, 6.07) is 6.26. The van der Waals surface area contributed by atoms with Crippen molar-refractivity contribution in [3.63, 3.8) is 0 Å². The molecular weight excluding hydrogens is 430 g/mol. The number of aryl methyl sites for hydroxylation is 1. The quantitative estimate of drug-likeness (QED) is 0.496. The number of fused-ring (bicyclic) bond motifs is 2. The van der Waals surface area contributed by atoms with Gasteiger partial charge in [0.05, 0.1) is 17.4 Å². The van der Waals surface area contributed by atoms with E-state index < -0.39 is 0 Å². The minimum atomic E-state index is 0. The van der Waals surface area contributed by atoms with Crippen molar-refractivity contribution >= 4 is 35.1 Å². The van der Waals surface area contributed by atoms with Crippen molar-refractivity contribution in [3.8, 4) is 11.4 Å². The summed E-state index contributed by atoms with van der Waals surface area (Å²) < 4.78 is 1.98. The Kier molecular flexibility index (Phi) is 4.96. The minimum Gasteiger partial charge on any atom is -0.355 e. The molecule has 31 heavy (non-hydrogen) atoms. The molecule has 2 N–H and O–H groups in total. The maximum absolute atomic E-state index is 6.72. The van der Waals surface area contributed by atoms with Crippen LogP contribution in [0.1, 0.15) is 35.8 Å². The van der Waals surface area contributed by atoms with Crippen LogP contribution in [0.2, 0.25) is 0 Å². The molecule has 1 aliphatic carbocycles. The molecule has 1 aliphatic heterocycles. The van der Waals surface area contributed by atoms with E-state index in [4.69, 9.17) is 10.7 Å². The fraction of sp³-hybridized carbons (Fsp3) is 0.364. The Morgan fingerprint density at radius 1 is 1.16 bits per heavy atom. The topological polar surface area (TPSA) is 85.2 Å². The number of hydrogen-bond acceptors (Lipinski definition) is 7. The predicted molar refractivity (Wildman–Crippen MR) is 125 cm³/mol. The van der Waals surface area contributed by atoms with Crippen LogP contribution >= 0.6 is 23.7 Å². The minimum absolute atomic E-state index is 0. The Bertz CT molecular complexity index is 1230. The van der Waals surface area contributed by atoms with E-state index in [2.05, 4.69) is 26.0 Å². The first-order chi connectivity index (χ1) is 14.7. The van der Waals surface area contributed by atoms with Crippen LogP contribution < -0.4 is 10.6 Å². The first kappa shape index (κ1) is 20.4. The molecule has 2 aliphatic rings. The Labute approximate surface area is 190 Å². The Balaban J connectivity index is 0.00000204. The summed E-state index contributed by atoms with van der Waals surface area (Å²) in [5, 5.41) is 6.63. The van der Waals surface area contributed by atoms with E-state index in [-0.39, 0.29) is 23.9 Å². The zero-order valence-electron chi connectivity index (χ0n) is 17.2. The highest BCUT2D eigenvalue weighted by Crippen LogP contribution is 2.50. The summed E-state index contributed by atoms with van der Waals surface area (Å²) in [5.41, 5.74) is 14.9. The van der Waals surface area contributed by atoms with Crippen LogP contribution in [-0.2, 0) is 6.42 Å². The fourth-order valence-electron chi connectivity index (χ4n) is 5.24. The summed E-state index contributed by atoms with van der Waals surface area (Å²) >= 11 is 1.58. The van der Waals surface area contributed by atoms with Gasteiger partial charge in [0.2, 0.25) is 0 Å². The third-order valence-corrected chi connectivity index (χ3v) is 7.46. The van der Waals surface area contributed by atoms with E-state index in [1.165, 1.54) is 11.3 Å². The highest BCUT2D eigenvalue weighted by molar-refractivity contribution is 7.07. The van der Waals surface area contributed by atoms with Crippen molar-refractivity contribution in [3.05, 3.63) is 58.4 Å². The van der Waals surface area contributed by atoms with Crippen molar-refractivity contribution in [2.45, 2.75) is 32.2 Å². The monoisotopic (exact) mass is 453 g/mol. The number of halogens is 1. The van der Waals surface area contributed by atoms with Crippen LogP contribution in [0.15, 0.2) is 41.5 Å². The SMILES string of the molecule is Cc1nc(N2CCC3(CC2)Cc2ncccc2[C@H]3N)c2ccnn2c1-c1cscn1.Cl. The summed E-state index contributed by atoms with van der Waals surface area (Å²) in [7, 11) is 0. The van der Waals surface area contributed by atoms with Crippen LogP contribution in [0.5, 0.6) is 0 Å². The fourth-order valence-corrected chi connectivity index (χ4v) is 5.77. The average Bonchev–Trinajstić information content (AvgIpc) is 3.50. The van der Waals surface area contributed by atoms with Gasteiger partial charge < -0.3 is 10.6 Å². The molecule has 5 heterocycles. The smallest absolute Gasteiger partial charge is 0.155 e. The van der Waals surface area contributed by atoms with E-state index in [0.717, 1.165) is 60.8 Å².